The number of anilines is 2. The van der Waals surface area contributed by atoms with Gasteiger partial charge in [0.05, 0.1) is 19.2 Å². The first-order valence-electron chi connectivity index (χ1n) is 7.87. The molecule has 2 aromatic carbocycles. The number of quaternary nitrogens is 1. The van der Waals surface area contributed by atoms with E-state index in [1.807, 2.05) is 0 Å². The largest absolute Gasteiger partial charge is 0.497 e. The lowest BCUT2D eigenvalue weighted by molar-refractivity contribution is -0.862. The molecule has 26 heavy (non-hydrogen) atoms. The van der Waals surface area contributed by atoms with Gasteiger partial charge in [0.15, 0.2) is 13.1 Å². The van der Waals surface area contributed by atoms with Crippen LogP contribution in [0.15, 0.2) is 42.5 Å². The molecule has 0 bridgehead atoms. The van der Waals surface area contributed by atoms with Crippen molar-refractivity contribution in [2.24, 2.45) is 0 Å². The summed E-state index contributed by atoms with van der Waals surface area (Å²) in [4.78, 5) is 24.8. The number of likely N-dealkylation sites (N-methyl/N-ethyl adjacent to an activating group) is 1. The lowest BCUT2D eigenvalue weighted by Gasteiger charge is -2.14. The lowest BCUT2D eigenvalue weighted by Crippen LogP contribution is -3.11. The molecule has 0 radical (unpaired) electrons. The van der Waals surface area contributed by atoms with Crippen LogP contribution in [0.2, 0.25) is 5.02 Å². The molecule has 8 heteroatoms. The van der Waals surface area contributed by atoms with Gasteiger partial charge < -0.3 is 20.3 Å². The number of halogens is 2. The Morgan fingerprint density at radius 1 is 1.04 bits per heavy atom. The van der Waals surface area contributed by atoms with Gasteiger partial charge in [0.2, 0.25) is 0 Å². The normalized spacial score (nSPS) is 11.5. The van der Waals surface area contributed by atoms with E-state index in [9.17, 15) is 14.0 Å². The van der Waals surface area contributed by atoms with Crippen molar-refractivity contribution < 1.29 is 23.6 Å². The molecule has 0 aromatic heterocycles. The van der Waals surface area contributed by atoms with Crippen LogP contribution in [0.3, 0.4) is 0 Å². The second-order valence-corrected chi connectivity index (χ2v) is 6.17. The molecule has 1 unspecified atom stereocenters. The van der Waals surface area contributed by atoms with Gasteiger partial charge in [0.25, 0.3) is 11.8 Å². The fraction of sp³-hybridized carbons (Fsp3) is 0.222. The van der Waals surface area contributed by atoms with Crippen LogP contribution < -0.4 is 20.3 Å². The van der Waals surface area contributed by atoms with Crippen LogP contribution in [0.25, 0.3) is 0 Å². The number of carbonyl (C=O) groups excluding carboxylic acids is 2. The van der Waals surface area contributed by atoms with Gasteiger partial charge >= 0.3 is 0 Å². The van der Waals surface area contributed by atoms with E-state index in [0.717, 1.165) is 0 Å². The van der Waals surface area contributed by atoms with Crippen molar-refractivity contribution in [2.45, 2.75) is 0 Å². The minimum Gasteiger partial charge on any atom is -0.497 e. The lowest BCUT2D eigenvalue weighted by atomic mass is 10.3. The zero-order valence-electron chi connectivity index (χ0n) is 14.4. The Hall–Kier alpha value is -2.64. The third-order valence-electron chi connectivity index (χ3n) is 3.50. The van der Waals surface area contributed by atoms with E-state index in [4.69, 9.17) is 16.3 Å². The number of ether oxygens (including phenoxy) is 1. The van der Waals surface area contributed by atoms with Crippen molar-refractivity contribution >= 4 is 34.8 Å². The molecule has 2 rings (SSSR count). The average molecular weight is 381 g/mol. The maximum atomic E-state index is 13.1. The Balaban J connectivity index is 1.80. The fourth-order valence-electron chi connectivity index (χ4n) is 2.27. The summed E-state index contributed by atoms with van der Waals surface area (Å²) in [7, 11) is 3.29. The summed E-state index contributed by atoms with van der Waals surface area (Å²) in [6, 6.07) is 10.9. The number of methoxy groups -OCH3 is 1. The highest BCUT2D eigenvalue weighted by Gasteiger charge is 2.15. The van der Waals surface area contributed by atoms with Crippen LogP contribution in [0, 0.1) is 5.82 Å². The number of amides is 2. The van der Waals surface area contributed by atoms with E-state index in [1.165, 1.54) is 18.2 Å². The van der Waals surface area contributed by atoms with E-state index in [-0.39, 0.29) is 29.9 Å². The van der Waals surface area contributed by atoms with Gasteiger partial charge in [-0.3, -0.25) is 9.59 Å². The first-order valence-corrected chi connectivity index (χ1v) is 8.25. The Morgan fingerprint density at radius 3 is 2.12 bits per heavy atom. The summed E-state index contributed by atoms with van der Waals surface area (Å²) < 4.78 is 18.2. The highest BCUT2D eigenvalue weighted by Crippen LogP contribution is 2.19. The number of benzene rings is 2. The van der Waals surface area contributed by atoms with Crippen LogP contribution in [0.4, 0.5) is 15.8 Å². The number of carbonyl (C=O) groups is 2. The molecule has 0 aliphatic carbocycles. The molecular formula is C18H20ClFN3O3+. The van der Waals surface area contributed by atoms with Crippen LogP contribution in [0.1, 0.15) is 0 Å². The number of hydrogen-bond donors (Lipinski definition) is 3. The van der Waals surface area contributed by atoms with Crippen LogP contribution in [0.5, 0.6) is 5.75 Å². The van der Waals surface area contributed by atoms with Crippen molar-refractivity contribution in [3.63, 3.8) is 0 Å². The van der Waals surface area contributed by atoms with Gasteiger partial charge in [-0.1, -0.05) is 11.6 Å². The first kappa shape index (κ1) is 19.7. The zero-order chi connectivity index (χ0) is 19.1. The Bertz CT molecular complexity index is 784. The molecule has 6 nitrogen and oxygen atoms in total. The van der Waals surface area contributed by atoms with Gasteiger partial charge in [-0.15, -0.1) is 0 Å². The predicted molar refractivity (Wildman–Crippen MR) is 98.3 cm³/mol. The molecule has 0 fully saturated rings. The minimum absolute atomic E-state index is 0.0672. The molecule has 0 aliphatic rings. The van der Waals surface area contributed by atoms with E-state index in [0.29, 0.717) is 22.0 Å². The monoisotopic (exact) mass is 380 g/mol. The van der Waals surface area contributed by atoms with Gasteiger partial charge in [0, 0.05) is 11.4 Å². The molecule has 3 N–H and O–H groups in total. The third kappa shape index (κ3) is 6.02. The molecular weight excluding hydrogens is 361 g/mol. The molecule has 2 amide bonds. The highest BCUT2D eigenvalue weighted by molar-refractivity contribution is 6.31. The standard InChI is InChI=1S/C18H19ClFN3O3/c1-23(10-17(24)21-12-3-6-14(26-2)7-4-12)11-18(25)22-13-5-8-16(20)15(19)9-13/h3-9H,10-11H2,1-2H3,(H,21,24)(H,22,25)/p+1. The Labute approximate surface area is 155 Å². The van der Waals surface area contributed by atoms with Crippen molar-refractivity contribution in [3.8, 4) is 5.75 Å². The predicted octanol–water partition coefficient (Wildman–Crippen LogP) is 1.58. The quantitative estimate of drug-likeness (QED) is 0.683. The van der Waals surface area contributed by atoms with E-state index < -0.39 is 5.82 Å². The molecule has 0 saturated heterocycles. The SMILES string of the molecule is COc1ccc(NC(=O)C[NH+](C)CC(=O)Nc2ccc(F)c(Cl)c2)cc1. The second-order valence-electron chi connectivity index (χ2n) is 5.76. The smallest absolute Gasteiger partial charge is 0.279 e. The molecule has 138 valence electrons. The van der Waals surface area contributed by atoms with Crippen LogP contribution in [-0.4, -0.2) is 39.1 Å². The summed E-state index contributed by atoms with van der Waals surface area (Å²) >= 11 is 5.68. The van der Waals surface area contributed by atoms with Crippen molar-refractivity contribution in [1.82, 2.24) is 0 Å². The average Bonchev–Trinajstić information content (AvgIpc) is 2.58. The van der Waals surface area contributed by atoms with E-state index in [1.54, 1.807) is 38.4 Å². The number of hydrogen-bond acceptors (Lipinski definition) is 3. The van der Waals surface area contributed by atoms with Crippen molar-refractivity contribution in [1.29, 1.82) is 0 Å². The molecule has 0 heterocycles. The van der Waals surface area contributed by atoms with Gasteiger partial charge in [0.1, 0.15) is 11.6 Å². The second kappa shape index (κ2) is 9.17. The first-order chi connectivity index (χ1) is 12.4. The molecule has 0 aliphatic heterocycles. The minimum atomic E-state index is -0.553. The summed E-state index contributed by atoms with van der Waals surface area (Å²) in [5.41, 5.74) is 1.05. The summed E-state index contributed by atoms with van der Waals surface area (Å²) in [6.45, 7) is 0.189. The van der Waals surface area contributed by atoms with Crippen molar-refractivity contribution in [2.75, 3.05) is 37.9 Å². The Kier molecular flexibility index (Phi) is 6.94. The van der Waals surface area contributed by atoms with Crippen molar-refractivity contribution in [3.05, 3.63) is 53.3 Å². The van der Waals surface area contributed by atoms with Gasteiger partial charge in [-0.25, -0.2) is 4.39 Å². The topological polar surface area (TPSA) is 71.9 Å². The van der Waals surface area contributed by atoms with Gasteiger partial charge in [-0.05, 0) is 42.5 Å². The molecule has 0 saturated carbocycles. The number of nitrogens with one attached hydrogen (secondary N) is 3. The van der Waals surface area contributed by atoms with Crippen LogP contribution >= 0.6 is 11.6 Å². The summed E-state index contributed by atoms with van der Waals surface area (Å²) in [5.74, 6) is -0.376. The van der Waals surface area contributed by atoms with Gasteiger partial charge in [-0.2, -0.15) is 0 Å². The Morgan fingerprint density at radius 2 is 1.58 bits per heavy atom. The van der Waals surface area contributed by atoms with E-state index >= 15 is 0 Å². The molecule has 1 atom stereocenters. The third-order valence-corrected chi connectivity index (χ3v) is 3.79. The fourth-order valence-corrected chi connectivity index (χ4v) is 2.45. The number of rotatable bonds is 7. The highest BCUT2D eigenvalue weighted by atomic mass is 35.5. The molecule has 0 spiro atoms. The van der Waals surface area contributed by atoms with Crippen LogP contribution in [-0.2, 0) is 9.59 Å². The maximum absolute atomic E-state index is 13.1. The van der Waals surface area contributed by atoms with E-state index in [2.05, 4.69) is 10.6 Å². The zero-order valence-corrected chi connectivity index (χ0v) is 15.2. The maximum Gasteiger partial charge on any atom is 0.279 e. The summed E-state index contributed by atoms with van der Waals surface area (Å²) in [5, 5.41) is 5.31. The molecule has 2 aromatic rings. The summed E-state index contributed by atoms with van der Waals surface area (Å²) in [6.07, 6.45) is 0.